The summed E-state index contributed by atoms with van der Waals surface area (Å²) in [7, 11) is 0. The Kier molecular flexibility index (Phi) is 1.93. The first kappa shape index (κ1) is 7.87. The Bertz CT molecular complexity index is 212. The van der Waals surface area contributed by atoms with Crippen molar-refractivity contribution in [2.45, 2.75) is 31.5 Å². The van der Waals surface area contributed by atoms with E-state index in [9.17, 15) is 0 Å². The van der Waals surface area contributed by atoms with Gasteiger partial charge in [0.2, 0.25) is 0 Å². The van der Waals surface area contributed by atoms with Gasteiger partial charge in [0, 0.05) is 6.42 Å². The van der Waals surface area contributed by atoms with E-state index in [1.165, 1.54) is 0 Å². The summed E-state index contributed by atoms with van der Waals surface area (Å²) in [4.78, 5) is 0. The van der Waals surface area contributed by atoms with Crippen LogP contribution in [0.2, 0.25) is 0 Å². The monoisotopic (exact) mass is 166 g/mol. The summed E-state index contributed by atoms with van der Waals surface area (Å²) in [6.45, 7) is 2.84. The van der Waals surface area contributed by atoms with E-state index < -0.39 is 0 Å². The van der Waals surface area contributed by atoms with Gasteiger partial charge >= 0.3 is 0 Å². The van der Waals surface area contributed by atoms with Gasteiger partial charge in [-0.05, 0) is 19.4 Å². The Morgan fingerprint density at radius 2 is 2.25 bits per heavy atom. The molecule has 66 valence electrons. The van der Waals surface area contributed by atoms with Crippen molar-refractivity contribution in [2.24, 2.45) is 0 Å². The zero-order valence-electron chi connectivity index (χ0n) is 7.32. The maximum atomic E-state index is 5.70. The molecule has 0 N–H and O–H groups in total. The second-order valence-electron chi connectivity index (χ2n) is 3.53. The molecule has 0 aromatic rings. The minimum atomic E-state index is -0.113. The van der Waals surface area contributed by atoms with Gasteiger partial charge in [0.05, 0.1) is 12.9 Å². The summed E-state index contributed by atoms with van der Waals surface area (Å²) in [5.74, 6) is 0. The third-order valence-corrected chi connectivity index (χ3v) is 2.57. The zero-order valence-corrected chi connectivity index (χ0v) is 7.32. The van der Waals surface area contributed by atoms with Gasteiger partial charge in [0.1, 0.15) is 11.7 Å². The summed E-state index contributed by atoms with van der Waals surface area (Å²) in [5.41, 5.74) is -0.113. The second kappa shape index (κ2) is 2.94. The summed E-state index contributed by atoms with van der Waals surface area (Å²) in [6.07, 6.45) is 10.2. The second-order valence-corrected chi connectivity index (χ2v) is 3.53. The minimum absolute atomic E-state index is 0.113. The number of hydrogen-bond donors (Lipinski definition) is 0. The molecule has 2 aliphatic heterocycles. The van der Waals surface area contributed by atoms with Gasteiger partial charge in [-0.15, -0.1) is 0 Å². The van der Waals surface area contributed by atoms with Gasteiger partial charge < -0.3 is 9.47 Å². The molecule has 0 aromatic heterocycles. The normalized spacial score (nSPS) is 39.9. The molecule has 0 aliphatic carbocycles. The highest BCUT2D eigenvalue weighted by Gasteiger charge is 2.37. The molecule has 0 bridgehead atoms. The number of rotatable bonds is 1. The molecule has 2 nitrogen and oxygen atoms in total. The Balaban J connectivity index is 2.04. The van der Waals surface area contributed by atoms with E-state index in [1.807, 2.05) is 0 Å². The molecule has 0 saturated heterocycles. The number of hydrogen-bond acceptors (Lipinski definition) is 2. The lowest BCUT2D eigenvalue weighted by Crippen LogP contribution is -2.42. The Morgan fingerprint density at radius 3 is 2.83 bits per heavy atom. The standard InChI is InChI=1S/C10H14O2/c1-10(6-2-3-8-12-10)9-5-4-7-11-9/h2-4,7,9H,5-6,8H2,1H3/t9-,10+/m1/s1. The van der Waals surface area contributed by atoms with Gasteiger partial charge in [-0.25, -0.2) is 0 Å². The van der Waals surface area contributed by atoms with Crippen molar-refractivity contribution in [3.63, 3.8) is 0 Å². The molecule has 2 heteroatoms. The topological polar surface area (TPSA) is 18.5 Å². The van der Waals surface area contributed by atoms with Crippen LogP contribution in [0.25, 0.3) is 0 Å². The maximum absolute atomic E-state index is 5.70. The van der Waals surface area contributed by atoms with Crippen LogP contribution in [0.3, 0.4) is 0 Å². The molecule has 0 spiro atoms. The highest BCUT2D eigenvalue weighted by Crippen LogP contribution is 2.30. The van der Waals surface area contributed by atoms with E-state index in [-0.39, 0.29) is 11.7 Å². The van der Waals surface area contributed by atoms with Crippen molar-refractivity contribution in [3.05, 3.63) is 24.5 Å². The Morgan fingerprint density at radius 1 is 1.33 bits per heavy atom. The van der Waals surface area contributed by atoms with Crippen LogP contribution in [0.5, 0.6) is 0 Å². The van der Waals surface area contributed by atoms with Crippen LogP contribution < -0.4 is 0 Å². The molecule has 0 saturated carbocycles. The third kappa shape index (κ3) is 1.27. The van der Waals surface area contributed by atoms with Crippen molar-refractivity contribution in [2.75, 3.05) is 6.61 Å². The van der Waals surface area contributed by atoms with Crippen LogP contribution in [-0.4, -0.2) is 18.3 Å². The van der Waals surface area contributed by atoms with Gasteiger partial charge in [-0.3, -0.25) is 0 Å². The highest BCUT2D eigenvalue weighted by molar-refractivity contribution is 5.04. The molecule has 2 aliphatic rings. The van der Waals surface area contributed by atoms with Crippen LogP contribution in [0, 0.1) is 0 Å². The fraction of sp³-hybridized carbons (Fsp3) is 0.600. The van der Waals surface area contributed by atoms with Gasteiger partial charge in [-0.2, -0.15) is 0 Å². The van der Waals surface area contributed by atoms with Crippen molar-refractivity contribution in [1.29, 1.82) is 0 Å². The molecule has 0 aromatic carbocycles. The van der Waals surface area contributed by atoms with E-state index >= 15 is 0 Å². The summed E-state index contributed by atoms with van der Waals surface area (Å²) in [5, 5.41) is 0. The Hall–Kier alpha value is -0.760. The minimum Gasteiger partial charge on any atom is -0.495 e. The van der Waals surface area contributed by atoms with E-state index in [1.54, 1.807) is 6.26 Å². The van der Waals surface area contributed by atoms with Gasteiger partial charge in [0.15, 0.2) is 0 Å². The van der Waals surface area contributed by atoms with Crippen molar-refractivity contribution < 1.29 is 9.47 Å². The summed E-state index contributed by atoms with van der Waals surface area (Å²) >= 11 is 0. The molecule has 2 heterocycles. The number of ether oxygens (including phenoxy) is 2. The van der Waals surface area contributed by atoms with E-state index in [4.69, 9.17) is 9.47 Å². The summed E-state index contributed by atoms with van der Waals surface area (Å²) in [6, 6.07) is 0. The largest absolute Gasteiger partial charge is 0.495 e. The van der Waals surface area contributed by atoms with Gasteiger partial charge in [-0.1, -0.05) is 12.2 Å². The molecule has 0 radical (unpaired) electrons. The summed E-state index contributed by atoms with van der Waals surface area (Å²) < 4.78 is 11.2. The van der Waals surface area contributed by atoms with Crippen LogP contribution in [0.4, 0.5) is 0 Å². The highest BCUT2D eigenvalue weighted by atomic mass is 16.5. The zero-order chi connectivity index (χ0) is 8.44. The first-order valence-corrected chi connectivity index (χ1v) is 4.41. The molecule has 0 fully saturated rings. The van der Waals surface area contributed by atoms with Crippen LogP contribution in [-0.2, 0) is 9.47 Å². The predicted octanol–water partition coefficient (Wildman–Crippen LogP) is 2.02. The molecule has 0 unspecified atom stereocenters. The van der Waals surface area contributed by atoms with Crippen molar-refractivity contribution >= 4 is 0 Å². The first-order chi connectivity index (χ1) is 5.81. The lowest BCUT2D eigenvalue weighted by molar-refractivity contribution is -0.102. The SMILES string of the molecule is C[C@@]1([C@H]2CC=CO2)CC=CCO1. The molecular weight excluding hydrogens is 152 g/mol. The average molecular weight is 166 g/mol. The first-order valence-electron chi connectivity index (χ1n) is 4.41. The van der Waals surface area contributed by atoms with Crippen LogP contribution >= 0.6 is 0 Å². The Labute approximate surface area is 72.9 Å². The fourth-order valence-corrected chi connectivity index (χ4v) is 1.69. The lowest BCUT2D eigenvalue weighted by atomic mass is 9.91. The predicted molar refractivity (Wildman–Crippen MR) is 46.7 cm³/mol. The van der Waals surface area contributed by atoms with E-state index in [0.29, 0.717) is 0 Å². The van der Waals surface area contributed by atoms with Gasteiger partial charge in [0.25, 0.3) is 0 Å². The average Bonchev–Trinajstić information content (AvgIpc) is 2.58. The third-order valence-electron chi connectivity index (χ3n) is 2.57. The van der Waals surface area contributed by atoms with Crippen LogP contribution in [0.15, 0.2) is 24.5 Å². The molecule has 0 amide bonds. The molecule has 12 heavy (non-hydrogen) atoms. The van der Waals surface area contributed by atoms with E-state index in [2.05, 4.69) is 25.2 Å². The van der Waals surface area contributed by atoms with Crippen LogP contribution in [0.1, 0.15) is 19.8 Å². The van der Waals surface area contributed by atoms with E-state index in [0.717, 1.165) is 19.4 Å². The molecule has 2 rings (SSSR count). The molecular formula is C10H14O2. The van der Waals surface area contributed by atoms with Crippen molar-refractivity contribution in [3.8, 4) is 0 Å². The fourth-order valence-electron chi connectivity index (χ4n) is 1.69. The smallest absolute Gasteiger partial charge is 0.130 e. The lowest BCUT2D eigenvalue weighted by Gasteiger charge is -2.35. The van der Waals surface area contributed by atoms with Crippen molar-refractivity contribution in [1.82, 2.24) is 0 Å². The molecule has 2 atom stereocenters. The quantitative estimate of drug-likeness (QED) is 0.555. The maximum Gasteiger partial charge on any atom is 0.130 e.